The molecule has 0 N–H and O–H groups in total. The molecule has 0 aliphatic heterocycles. The van der Waals surface area contributed by atoms with Gasteiger partial charge in [0.2, 0.25) is 5.95 Å². The molecule has 0 atom stereocenters. The predicted octanol–water partition coefficient (Wildman–Crippen LogP) is 9.72. The zero-order chi connectivity index (χ0) is 26.2. The fourth-order valence-electron chi connectivity index (χ4n) is 6.57. The summed E-state index contributed by atoms with van der Waals surface area (Å²) in [7, 11) is 0. The smallest absolute Gasteiger partial charge is 0.235 e. The number of aryl methyl sites for hydroxylation is 1. The summed E-state index contributed by atoms with van der Waals surface area (Å²) in [4.78, 5) is 10.5. The van der Waals surface area contributed by atoms with E-state index in [-0.39, 0.29) is 0 Å². The zero-order valence-corrected chi connectivity index (χ0v) is 22.5. The minimum absolute atomic E-state index is 0.722. The van der Waals surface area contributed by atoms with E-state index in [4.69, 9.17) is 9.97 Å². The maximum Gasteiger partial charge on any atom is 0.235 e. The molecule has 40 heavy (non-hydrogen) atoms. The molecule has 3 aromatic heterocycles. The Bertz CT molecular complexity index is 2320. The molecule has 3 heterocycles. The van der Waals surface area contributed by atoms with Gasteiger partial charge in [-0.15, -0.1) is 11.3 Å². The standard InChI is InChI=1S/C36H23N3S/c1-2-12-22(13-3-1)33-25-16-6-9-19-28(25)37-36(38-33)39-29-20-10-7-17-26(29)31-32-27-18-8-11-21-30(27)40-35(32)24-15-5-4-14-23(24)34(31)39/h1-6,8-16,18-21H,7,17H2. The molecule has 1 aliphatic carbocycles. The first-order valence-corrected chi connectivity index (χ1v) is 14.6. The Morgan fingerprint density at radius 2 is 1.38 bits per heavy atom. The van der Waals surface area contributed by atoms with Gasteiger partial charge in [-0.2, -0.15) is 0 Å². The Morgan fingerprint density at radius 3 is 2.25 bits per heavy atom. The Morgan fingerprint density at radius 1 is 0.650 bits per heavy atom. The third-order valence-electron chi connectivity index (χ3n) is 8.26. The molecule has 8 aromatic rings. The molecule has 0 fully saturated rings. The van der Waals surface area contributed by atoms with Gasteiger partial charge in [0.05, 0.1) is 22.4 Å². The lowest BCUT2D eigenvalue weighted by Crippen LogP contribution is -2.06. The van der Waals surface area contributed by atoms with Gasteiger partial charge in [-0.3, -0.25) is 4.57 Å². The van der Waals surface area contributed by atoms with Gasteiger partial charge in [-0.25, -0.2) is 9.97 Å². The molecular formula is C36H23N3S. The van der Waals surface area contributed by atoms with E-state index < -0.39 is 0 Å². The molecule has 3 nitrogen and oxygen atoms in total. The Balaban J connectivity index is 1.52. The maximum absolute atomic E-state index is 5.33. The van der Waals surface area contributed by atoms with Crippen LogP contribution in [0.5, 0.6) is 0 Å². The van der Waals surface area contributed by atoms with E-state index in [1.54, 1.807) is 0 Å². The van der Waals surface area contributed by atoms with Crippen molar-refractivity contribution in [1.82, 2.24) is 14.5 Å². The number of hydrogen-bond donors (Lipinski definition) is 0. The number of thiophene rings is 1. The lowest BCUT2D eigenvalue weighted by molar-refractivity contribution is 0.930. The Kier molecular flexibility index (Phi) is 4.60. The quantitative estimate of drug-likeness (QED) is 0.223. The van der Waals surface area contributed by atoms with Crippen molar-refractivity contribution in [3.63, 3.8) is 0 Å². The molecule has 4 heteroatoms. The molecule has 9 rings (SSSR count). The highest BCUT2D eigenvalue weighted by atomic mass is 32.1. The van der Waals surface area contributed by atoms with Crippen molar-refractivity contribution in [2.24, 2.45) is 0 Å². The van der Waals surface area contributed by atoms with Crippen LogP contribution in [0.25, 0.3) is 76.0 Å². The van der Waals surface area contributed by atoms with Gasteiger partial charge in [-0.1, -0.05) is 97.1 Å². The van der Waals surface area contributed by atoms with E-state index in [0.717, 1.165) is 41.0 Å². The van der Waals surface area contributed by atoms with E-state index >= 15 is 0 Å². The van der Waals surface area contributed by atoms with E-state index in [1.165, 1.54) is 53.1 Å². The second-order valence-corrected chi connectivity index (χ2v) is 11.5. The highest BCUT2D eigenvalue weighted by Gasteiger charge is 2.26. The molecule has 5 aromatic carbocycles. The highest BCUT2D eigenvalue weighted by Crippen LogP contribution is 2.48. The summed E-state index contributed by atoms with van der Waals surface area (Å²) >= 11 is 1.90. The number of nitrogens with zero attached hydrogens (tertiary/aromatic N) is 3. The van der Waals surface area contributed by atoms with Crippen molar-refractivity contribution >= 4 is 70.2 Å². The highest BCUT2D eigenvalue weighted by molar-refractivity contribution is 7.27. The number of hydrogen-bond acceptors (Lipinski definition) is 3. The molecule has 0 radical (unpaired) electrons. The van der Waals surface area contributed by atoms with Gasteiger partial charge in [0, 0.05) is 47.3 Å². The largest absolute Gasteiger partial charge is 0.278 e. The van der Waals surface area contributed by atoms with Crippen LogP contribution in [0, 0.1) is 0 Å². The van der Waals surface area contributed by atoms with Crippen LogP contribution in [0.1, 0.15) is 17.7 Å². The van der Waals surface area contributed by atoms with Crippen LogP contribution < -0.4 is 0 Å². The summed E-state index contributed by atoms with van der Waals surface area (Å²) in [5, 5.41) is 7.64. The van der Waals surface area contributed by atoms with Gasteiger partial charge < -0.3 is 0 Å². The van der Waals surface area contributed by atoms with Crippen molar-refractivity contribution < 1.29 is 0 Å². The lowest BCUT2D eigenvalue weighted by atomic mass is 9.95. The minimum Gasteiger partial charge on any atom is -0.278 e. The number of para-hydroxylation sites is 1. The zero-order valence-electron chi connectivity index (χ0n) is 21.6. The normalized spacial score (nSPS) is 13.2. The molecule has 188 valence electrons. The van der Waals surface area contributed by atoms with Crippen LogP contribution in [0.15, 0.2) is 109 Å². The summed E-state index contributed by atoms with van der Waals surface area (Å²) in [5.41, 5.74) is 6.81. The lowest BCUT2D eigenvalue weighted by Gasteiger charge is -2.14. The van der Waals surface area contributed by atoms with E-state index in [1.807, 2.05) is 11.3 Å². The molecular weight excluding hydrogens is 506 g/mol. The predicted molar refractivity (Wildman–Crippen MR) is 170 cm³/mol. The number of allylic oxidation sites excluding steroid dienone is 1. The first-order valence-electron chi connectivity index (χ1n) is 13.8. The van der Waals surface area contributed by atoms with Crippen molar-refractivity contribution in [2.45, 2.75) is 12.8 Å². The number of benzene rings is 5. The topological polar surface area (TPSA) is 30.7 Å². The SMILES string of the molecule is C1=Cc2c(c3c4c5ccccc5sc4c4ccccc4c3n2-c2nc(-c3ccccc3)c3ccccc3n2)CC1. The van der Waals surface area contributed by atoms with Crippen molar-refractivity contribution in [3.05, 3.63) is 120 Å². The summed E-state index contributed by atoms with van der Waals surface area (Å²) in [5.74, 6) is 0.722. The summed E-state index contributed by atoms with van der Waals surface area (Å²) in [6, 6.07) is 36.5. The second-order valence-electron chi connectivity index (χ2n) is 10.5. The Hall–Kier alpha value is -4.80. The van der Waals surface area contributed by atoms with Gasteiger partial charge >= 0.3 is 0 Å². The van der Waals surface area contributed by atoms with Crippen LogP contribution in [-0.4, -0.2) is 14.5 Å². The van der Waals surface area contributed by atoms with E-state index in [2.05, 4.69) is 120 Å². The van der Waals surface area contributed by atoms with Crippen molar-refractivity contribution in [2.75, 3.05) is 0 Å². The first kappa shape index (κ1) is 22.1. The molecule has 0 saturated heterocycles. The average Bonchev–Trinajstić information content (AvgIpc) is 3.58. The fraction of sp³-hybridized carbons (Fsp3) is 0.0556. The van der Waals surface area contributed by atoms with Crippen molar-refractivity contribution in [1.29, 1.82) is 0 Å². The average molecular weight is 530 g/mol. The molecule has 1 aliphatic rings. The van der Waals surface area contributed by atoms with E-state index in [9.17, 15) is 0 Å². The van der Waals surface area contributed by atoms with Gasteiger partial charge in [0.25, 0.3) is 0 Å². The summed E-state index contributed by atoms with van der Waals surface area (Å²) in [6.45, 7) is 0. The molecule has 0 amide bonds. The number of aromatic nitrogens is 3. The second kappa shape index (κ2) is 8.35. The van der Waals surface area contributed by atoms with Crippen molar-refractivity contribution in [3.8, 4) is 17.2 Å². The van der Waals surface area contributed by atoms with E-state index in [0.29, 0.717) is 0 Å². The fourth-order valence-corrected chi connectivity index (χ4v) is 7.82. The Labute approximate surface area is 234 Å². The van der Waals surface area contributed by atoms with Crippen LogP contribution in [0.2, 0.25) is 0 Å². The van der Waals surface area contributed by atoms with Crippen LogP contribution in [-0.2, 0) is 6.42 Å². The first-order chi connectivity index (χ1) is 19.9. The third kappa shape index (κ3) is 3.00. The minimum atomic E-state index is 0.722. The van der Waals surface area contributed by atoms with Crippen LogP contribution >= 0.6 is 11.3 Å². The van der Waals surface area contributed by atoms with Gasteiger partial charge in [0.15, 0.2) is 0 Å². The van der Waals surface area contributed by atoms with Crippen LogP contribution in [0.4, 0.5) is 0 Å². The number of rotatable bonds is 2. The molecule has 0 unspecified atom stereocenters. The third-order valence-corrected chi connectivity index (χ3v) is 9.46. The van der Waals surface area contributed by atoms with Gasteiger partial charge in [0.1, 0.15) is 0 Å². The molecule has 0 saturated carbocycles. The summed E-state index contributed by atoms with van der Waals surface area (Å²) < 4.78 is 5.03. The molecule has 0 bridgehead atoms. The molecule has 0 spiro atoms. The van der Waals surface area contributed by atoms with Crippen LogP contribution in [0.3, 0.4) is 0 Å². The maximum atomic E-state index is 5.33. The van der Waals surface area contributed by atoms with Gasteiger partial charge in [-0.05, 0) is 36.6 Å². The monoisotopic (exact) mass is 529 g/mol. The summed E-state index contributed by atoms with van der Waals surface area (Å²) in [6.07, 6.45) is 6.62. The number of fused-ring (bicyclic) bond motifs is 11.